The van der Waals surface area contributed by atoms with Gasteiger partial charge in [0.05, 0.1) is 27.6 Å². The zero-order valence-electron chi connectivity index (χ0n) is 21.2. The minimum atomic E-state index is -0.185. The van der Waals surface area contributed by atoms with E-state index in [4.69, 9.17) is 18.6 Å². The van der Waals surface area contributed by atoms with Gasteiger partial charge in [-0.1, -0.05) is 6.07 Å². The monoisotopic (exact) mass is 492 g/mol. The highest BCUT2D eigenvalue weighted by Gasteiger charge is 2.19. The molecule has 2 heterocycles. The van der Waals surface area contributed by atoms with Crippen LogP contribution in [0.3, 0.4) is 0 Å². The summed E-state index contributed by atoms with van der Waals surface area (Å²) in [6, 6.07) is 9.51. The molecule has 1 aliphatic heterocycles. The number of methoxy groups -OCH3 is 3. The maximum Gasteiger partial charge on any atom is 0.244 e. The second-order valence-electron chi connectivity index (χ2n) is 8.72. The average molecular weight is 493 g/mol. The smallest absolute Gasteiger partial charge is 0.244 e. The van der Waals surface area contributed by atoms with Gasteiger partial charge in [-0.05, 0) is 49.1 Å². The van der Waals surface area contributed by atoms with Crippen LogP contribution < -0.4 is 19.5 Å². The van der Waals surface area contributed by atoms with Crippen molar-refractivity contribution < 1.29 is 28.2 Å². The molecule has 0 bridgehead atoms. The fourth-order valence-corrected chi connectivity index (χ4v) is 4.51. The maximum atomic E-state index is 12.6. The largest absolute Gasteiger partial charge is 0.496 e. The highest BCUT2D eigenvalue weighted by molar-refractivity contribution is 6.00. The molecular weight excluding hydrogens is 460 g/mol. The van der Waals surface area contributed by atoms with Crippen molar-refractivity contribution in [1.29, 1.82) is 0 Å². The lowest BCUT2D eigenvalue weighted by Gasteiger charge is -2.15. The number of likely N-dealkylation sites (tertiary alicyclic amines) is 1. The van der Waals surface area contributed by atoms with Crippen LogP contribution in [-0.4, -0.2) is 57.7 Å². The number of allylic oxidation sites excluding steroid dienone is 1. The van der Waals surface area contributed by atoms with Crippen LogP contribution >= 0.6 is 0 Å². The van der Waals surface area contributed by atoms with E-state index < -0.39 is 0 Å². The van der Waals surface area contributed by atoms with E-state index in [1.165, 1.54) is 0 Å². The van der Waals surface area contributed by atoms with Gasteiger partial charge in [0, 0.05) is 54.7 Å². The summed E-state index contributed by atoms with van der Waals surface area (Å²) in [4.78, 5) is 26.1. The molecule has 2 aromatic carbocycles. The Hall–Kier alpha value is -3.94. The third kappa shape index (κ3) is 5.32. The summed E-state index contributed by atoms with van der Waals surface area (Å²) in [6.07, 6.45) is 5.55. The minimum Gasteiger partial charge on any atom is -0.496 e. The number of benzene rings is 2. The molecule has 1 saturated heterocycles. The molecule has 0 unspecified atom stereocenters. The van der Waals surface area contributed by atoms with Gasteiger partial charge in [0.1, 0.15) is 11.3 Å². The Morgan fingerprint density at radius 2 is 1.86 bits per heavy atom. The summed E-state index contributed by atoms with van der Waals surface area (Å²) in [6.45, 7) is 3.87. The zero-order chi connectivity index (χ0) is 25.7. The Bertz CT molecular complexity index is 1290. The zero-order valence-corrected chi connectivity index (χ0v) is 21.2. The number of carbonyl (C=O) groups is 2. The number of hydrogen-bond donors (Lipinski definition) is 1. The molecule has 8 nitrogen and oxygen atoms in total. The molecule has 2 amide bonds. The standard InChI is InChI=1S/C28H32N2O6/c1-18(13-27(31)29-10-6-12-30-11-5-7-28(30)32)20-15-21-22(17-36-25(21)16-24(20)34-3)19-8-9-23(33-2)26(14-19)35-4/h8-9,13-17H,5-7,10-12H2,1-4H3,(H,29,31)/b18-13+. The van der Waals surface area contributed by atoms with Crippen molar-refractivity contribution in [2.24, 2.45) is 0 Å². The number of carbonyl (C=O) groups excluding carboxylic acids is 2. The van der Waals surface area contributed by atoms with Gasteiger partial charge in [0.25, 0.3) is 0 Å². The summed E-state index contributed by atoms with van der Waals surface area (Å²) in [7, 11) is 4.79. The number of hydrogen-bond acceptors (Lipinski definition) is 6. The van der Waals surface area contributed by atoms with Crippen LogP contribution in [0.4, 0.5) is 0 Å². The average Bonchev–Trinajstić information content (AvgIpc) is 3.50. The molecule has 0 spiro atoms. The molecule has 0 atom stereocenters. The van der Waals surface area contributed by atoms with E-state index in [9.17, 15) is 9.59 Å². The van der Waals surface area contributed by atoms with Gasteiger partial charge < -0.3 is 28.8 Å². The number of nitrogens with one attached hydrogen (secondary N) is 1. The van der Waals surface area contributed by atoms with Crippen LogP contribution in [0.5, 0.6) is 17.2 Å². The van der Waals surface area contributed by atoms with Gasteiger partial charge >= 0.3 is 0 Å². The first-order valence-corrected chi connectivity index (χ1v) is 12.0. The Labute approximate surface area is 210 Å². The van der Waals surface area contributed by atoms with E-state index in [0.717, 1.165) is 47.0 Å². The van der Waals surface area contributed by atoms with Crippen LogP contribution in [0.25, 0.3) is 27.7 Å². The molecule has 0 saturated carbocycles. The van der Waals surface area contributed by atoms with E-state index >= 15 is 0 Å². The summed E-state index contributed by atoms with van der Waals surface area (Å²) < 4.78 is 22.2. The molecule has 1 fully saturated rings. The van der Waals surface area contributed by atoms with Gasteiger partial charge in [-0.2, -0.15) is 0 Å². The van der Waals surface area contributed by atoms with Crippen LogP contribution in [-0.2, 0) is 9.59 Å². The number of nitrogens with zero attached hydrogens (tertiary/aromatic N) is 1. The minimum absolute atomic E-state index is 0.185. The second-order valence-corrected chi connectivity index (χ2v) is 8.72. The van der Waals surface area contributed by atoms with Gasteiger partial charge in [0.15, 0.2) is 11.5 Å². The Morgan fingerprint density at radius 3 is 2.56 bits per heavy atom. The molecule has 4 rings (SSSR count). The normalized spacial score (nSPS) is 13.8. The highest BCUT2D eigenvalue weighted by atomic mass is 16.5. The van der Waals surface area contributed by atoms with Crippen molar-refractivity contribution >= 4 is 28.4 Å². The summed E-state index contributed by atoms with van der Waals surface area (Å²) in [5.74, 6) is 1.90. The van der Waals surface area contributed by atoms with E-state index in [-0.39, 0.29) is 11.8 Å². The number of rotatable bonds is 10. The third-order valence-electron chi connectivity index (χ3n) is 6.44. The van der Waals surface area contributed by atoms with Crippen molar-refractivity contribution in [3.05, 3.63) is 48.2 Å². The Morgan fingerprint density at radius 1 is 1.08 bits per heavy atom. The van der Waals surface area contributed by atoms with E-state index in [2.05, 4.69) is 5.32 Å². The molecule has 1 N–H and O–H groups in total. The van der Waals surface area contributed by atoms with Crippen LogP contribution in [0.2, 0.25) is 0 Å². The van der Waals surface area contributed by atoms with E-state index in [1.807, 2.05) is 42.2 Å². The first kappa shape index (κ1) is 25.2. The van der Waals surface area contributed by atoms with Gasteiger partial charge in [-0.25, -0.2) is 0 Å². The SMILES string of the molecule is COc1ccc(-c2coc3cc(OC)c(/C(C)=C/C(=O)NCCCN4CCCC4=O)cc23)cc1OC. The van der Waals surface area contributed by atoms with Crippen molar-refractivity contribution in [3.8, 4) is 28.4 Å². The molecule has 190 valence electrons. The van der Waals surface area contributed by atoms with Gasteiger partial charge in [-0.15, -0.1) is 0 Å². The molecule has 1 aliphatic rings. The first-order chi connectivity index (χ1) is 17.4. The molecule has 8 heteroatoms. The first-order valence-electron chi connectivity index (χ1n) is 12.0. The number of amides is 2. The maximum absolute atomic E-state index is 12.6. The molecule has 0 radical (unpaired) electrons. The predicted octanol–water partition coefficient (Wildman–Crippen LogP) is 4.66. The molecule has 0 aliphatic carbocycles. The lowest BCUT2D eigenvalue weighted by Crippen LogP contribution is -2.30. The van der Waals surface area contributed by atoms with E-state index in [0.29, 0.717) is 42.3 Å². The molecular formula is C28H32N2O6. The lowest BCUT2D eigenvalue weighted by atomic mass is 9.99. The summed E-state index contributed by atoms with van der Waals surface area (Å²) >= 11 is 0. The van der Waals surface area contributed by atoms with Crippen molar-refractivity contribution in [2.45, 2.75) is 26.2 Å². The number of fused-ring (bicyclic) bond motifs is 1. The quantitative estimate of drug-likeness (QED) is 0.327. The van der Waals surface area contributed by atoms with Crippen molar-refractivity contribution in [1.82, 2.24) is 10.2 Å². The topological polar surface area (TPSA) is 90.2 Å². The summed E-state index contributed by atoms with van der Waals surface area (Å²) in [5.41, 5.74) is 4.04. The van der Waals surface area contributed by atoms with Crippen molar-refractivity contribution in [3.63, 3.8) is 0 Å². The van der Waals surface area contributed by atoms with Gasteiger partial charge in [0.2, 0.25) is 11.8 Å². The third-order valence-corrected chi connectivity index (χ3v) is 6.44. The molecule has 1 aromatic heterocycles. The number of furan rings is 1. The lowest BCUT2D eigenvalue weighted by molar-refractivity contribution is -0.127. The fraction of sp³-hybridized carbons (Fsp3) is 0.357. The van der Waals surface area contributed by atoms with E-state index in [1.54, 1.807) is 33.7 Å². The predicted molar refractivity (Wildman–Crippen MR) is 138 cm³/mol. The van der Waals surface area contributed by atoms with Gasteiger partial charge in [-0.3, -0.25) is 9.59 Å². The van der Waals surface area contributed by atoms with Crippen LogP contribution in [0, 0.1) is 0 Å². The fourth-order valence-electron chi connectivity index (χ4n) is 4.51. The van der Waals surface area contributed by atoms with Crippen LogP contribution in [0.1, 0.15) is 31.7 Å². The number of ether oxygens (including phenoxy) is 3. The Kier molecular flexibility index (Phi) is 7.83. The summed E-state index contributed by atoms with van der Waals surface area (Å²) in [5, 5.41) is 3.80. The Balaban J connectivity index is 1.54. The van der Waals surface area contributed by atoms with Crippen LogP contribution in [0.15, 0.2) is 47.1 Å². The second kappa shape index (κ2) is 11.2. The molecule has 3 aromatic rings. The van der Waals surface area contributed by atoms with Crippen molar-refractivity contribution in [2.75, 3.05) is 41.0 Å². The molecule has 36 heavy (non-hydrogen) atoms. The highest BCUT2D eigenvalue weighted by Crippen LogP contribution is 2.39.